The number of phenolic OH excluding ortho intramolecular Hbond substituents is 1. The van der Waals surface area contributed by atoms with E-state index < -0.39 is 0 Å². The Hall–Kier alpha value is -1.25. The van der Waals surface area contributed by atoms with Gasteiger partial charge in [-0.05, 0) is 48.6 Å². The Labute approximate surface area is 134 Å². The van der Waals surface area contributed by atoms with Crippen LogP contribution in [0, 0.1) is 0 Å². The summed E-state index contributed by atoms with van der Waals surface area (Å²) >= 11 is 8.34. The van der Waals surface area contributed by atoms with Crippen LogP contribution >= 0.6 is 22.9 Å². The summed E-state index contributed by atoms with van der Waals surface area (Å²) in [6, 6.07) is 6.08. The molecule has 110 valence electrons. The van der Waals surface area contributed by atoms with Crippen molar-refractivity contribution in [1.29, 1.82) is 0 Å². The molecule has 0 spiro atoms. The van der Waals surface area contributed by atoms with E-state index in [4.69, 9.17) is 11.6 Å². The summed E-state index contributed by atoms with van der Waals surface area (Å²) in [5, 5.41) is 13.5. The number of hydrogen-bond acceptors (Lipinski definition) is 2. The van der Waals surface area contributed by atoms with E-state index in [-0.39, 0.29) is 0 Å². The van der Waals surface area contributed by atoms with Gasteiger partial charge >= 0.3 is 0 Å². The lowest BCUT2D eigenvalue weighted by molar-refractivity contribution is 0.470. The molecule has 1 heterocycles. The van der Waals surface area contributed by atoms with Crippen LogP contribution in [0.3, 0.4) is 0 Å². The van der Waals surface area contributed by atoms with Gasteiger partial charge in [-0.25, -0.2) is 0 Å². The maximum atomic E-state index is 10.1. The summed E-state index contributed by atoms with van der Waals surface area (Å²) in [5.74, 6) is 0.399. The Balaban J connectivity index is 2.51. The lowest BCUT2D eigenvalue weighted by atomic mass is 10.0. The van der Waals surface area contributed by atoms with Crippen molar-refractivity contribution in [3.05, 3.63) is 39.9 Å². The number of aromatic hydroxyl groups is 1. The molecule has 3 aromatic rings. The molecule has 3 heteroatoms. The number of rotatable bonds is 3. The fourth-order valence-electron chi connectivity index (χ4n) is 3.04. The van der Waals surface area contributed by atoms with Gasteiger partial charge in [0.1, 0.15) is 5.75 Å². The first kappa shape index (κ1) is 14.7. The Morgan fingerprint density at radius 3 is 2.24 bits per heavy atom. The van der Waals surface area contributed by atoms with Crippen LogP contribution in [-0.4, -0.2) is 5.11 Å². The third-order valence-electron chi connectivity index (χ3n) is 4.20. The number of hydrogen-bond donors (Lipinski definition) is 1. The van der Waals surface area contributed by atoms with Crippen molar-refractivity contribution in [3.8, 4) is 5.75 Å². The second-order valence-electron chi connectivity index (χ2n) is 5.31. The molecule has 0 fully saturated rings. The van der Waals surface area contributed by atoms with Gasteiger partial charge in [0.2, 0.25) is 0 Å². The van der Waals surface area contributed by atoms with E-state index in [0.717, 1.165) is 29.8 Å². The van der Waals surface area contributed by atoms with Crippen LogP contribution in [0.5, 0.6) is 5.75 Å². The summed E-state index contributed by atoms with van der Waals surface area (Å²) in [6.07, 6.45) is 2.72. The van der Waals surface area contributed by atoms with Crippen LogP contribution in [-0.2, 0) is 19.3 Å². The largest absolute Gasteiger partial charge is 0.508 e. The van der Waals surface area contributed by atoms with Crippen molar-refractivity contribution < 1.29 is 5.11 Å². The minimum absolute atomic E-state index is 0.399. The molecular formula is C18H19ClOS. The quantitative estimate of drug-likeness (QED) is 0.618. The predicted octanol–water partition coefficient (Wildman–Crippen LogP) is 6.10. The Morgan fingerprint density at radius 1 is 0.952 bits per heavy atom. The van der Waals surface area contributed by atoms with E-state index in [9.17, 15) is 5.11 Å². The highest BCUT2D eigenvalue weighted by Crippen LogP contribution is 2.43. The lowest BCUT2D eigenvalue weighted by Crippen LogP contribution is -1.90. The van der Waals surface area contributed by atoms with Gasteiger partial charge in [0.15, 0.2) is 0 Å². The number of thiophene rings is 1. The molecule has 0 aliphatic heterocycles. The van der Waals surface area contributed by atoms with Gasteiger partial charge in [-0.3, -0.25) is 0 Å². The summed E-state index contributed by atoms with van der Waals surface area (Å²) in [4.78, 5) is 0. The molecule has 0 bridgehead atoms. The van der Waals surface area contributed by atoms with Crippen LogP contribution in [0.4, 0.5) is 0 Å². The topological polar surface area (TPSA) is 20.2 Å². The van der Waals surface area contributed by atoms with Crippen molar-refractivity contribution >= 4 is 43.1 Å². The van der Waals surface area contributed by atoms with Gasteiger partial charge < -0.3 is 5.11 Å². The average molecular weight is 319 g/mol. The molecule has 0 saturated heterocycles. The highest BCUT2D eigenvalue weighted by Gasteiger charge is 2.17. The van der Waals surface area contributed by atoms with E-state index >= 15 is 0 Å². The molecular weight excluding hydrogens is 300 g/mol. The minimum atomic E-state index is 0.399. The number of phenols is 1. The standard InChI is InChI=1S/C18H19ClOS/c1-4-10-9-14-13-7-8-15(20)11(5-2)17(13)21-18(14)12(6-3)16(10)19/h7-9,20H,4-6H2,1-3H3. The van der Waals surface area contributed by atoms with Crippen LogP contribution in [0.2, 0.25) is 5.02 Å². The molecule has 0 radical (unpaired) electrons. The smallest absolute Gasteiger partial charge is 0.120 e. The van der Waals surface area contributed by atoms with E-state index in [2.05, 4.69) is 26.8 Å². The third-order valence-corrected chi connectivity index (χ3v) is 6.01. The Morgan fingerprint density at radius 2 is 1.62 bits per heavy atom. The van der Waals surface area contributed by atoms with Crippen molar-refractivity contribution in [2.75, 3.05) is 0 Å². The second-order valence-corrected chi connectivity index (χ2v) is 6.71. The summed E-state index contributed by atoms with van der Waals surface area (Å²) in [7, 11) is 0. The molecule has 21 heavy (non-hydrogen) atoms. The van der Waals surface area contributed by atoms with Crippen LogP contribution in [0.15, 0.2) is 18.2 Å². The number of fused-ring (bicyclic) bond motifs is 3. The first-order chi connectivity index (χ1) is 10.1. The van der Waals surface area contributed by atoms with Gasteiger partial charge in [0.25, 0.3) is 0 Å². The third kappa shape index (κ3) is 2.13. The molecule has 1 nitrogen and oxygen atoms in total. The van der Waals surface area contributed by atoms with E-state index in [0.29, 0.717) is 5.75 Å². The van der Waals surface area contributed by atoms with Gasteiger partial charge in [0, 0.05) is 30.8 Å². The van der Waals surface area contributed by atoms with Gasteiger partial charge in [-0.2, -0.15) is 0 Å². The first-order valence-corrected chi connectivity index (χ1v) is 8.69. The summed E-state index contributed by atoms with van der Waals surface area (Å²) in [5.41, 5.74) is 3.51. The average Bonchev–Trinajstić information content (AvgIpc) is 2.84. The van der Waals surface area contributed by atoms with E-state index in [1.165, 1.54) is 31.3 Å². The lowest BCUT2D eigenvalue weighted by Gasteiger charge is -2.08. The maximum absolute atomic E-state index is 10.1. The number of benzene rings is 2. The molecule has 0 amide bonds. The normalized spacial score (nSPS) is 11.6. The SMILES string of the molecule is CCc1cc2c(sc3c(CC)c(O)ccc32)c(CC)c1Cl. The van der Waals surface area contributed by atoms with Crippen LogP contribution in [0.1, 0.15) is 37.5 Å². The minimum Gasteiger partial charge on any atom is -0.508 e. The number of aryl methyl sites for hydroxylation is 3. The Bertz CT molecular complexity index is 832. The maximum Gasteiger partial charge on any atom is 0.120 e. The molecule has 2 aromatic carbocycles. The highest BCUT2D eigenvalue weighted by atomic mass is 35.5. The molecule has 0 aliphatic rings. The van der Waals surface area contributed by atoms with Crippen molar-refractivity contribution in [1.82, 2.24) is 0 Å². The van der Waals surface area contributed by atoms with Gasteiger partial charge in [0.05, 0.1) is 0 Å². The Kier molecular flexibility index (Phi) is 3.85. The fourth-order valence-corrected chi connectivity index (χ4v) is 5.02. The second kappa shape index (κ2) is 5.51. The van der Waals surface area contributed by atoms with E-state index in [1.807, 2.05) is 12.1 Å². The van der Waals surface area contributed by atoms with Crippen molar-refractivity contribution in [3.63, 3.8) is 0 Å². The monoisotopic (exact) mass is 318 g/mol. The zero-order chi connectivity index (χ0) is 15.1. The molecule has 0 saturated carbocycles. The fraction of sp³-hybridized carbons (Fsp3) is 0.333. The van der Waals surface area contributed by atoms with E-state index in [1.54, 1.807) is 11.3 Å². The summed E-state index contributed by atoms with van der Waals surface area (Å²) in [6.45, 7) is 6.39. The predicted molar refractivity (Wildman–Crippen MR) is 94.1 cm³/mol. The van der Waals surface area contributed by atoms with Crippen molar-refractivity contribution in [2.45, 2.75) is 40.0 Å². The van der Waals surface area contributed by atoms with Gasteiger partial charge in [-0.1, -0.05) is 32.4 Å². The van der Waals surface area contributed by atoms with Gasteiger partial charge in [-0.15, -0.1) is 11.3 Å². The zero-order valence-corrected chi connectivity index (χ0v) is 14.2. The number of halogens is 1. The molecule has 3 rings (SSSR count). The van der Waals surface area contributed by atoms with Crippen LogP contribution in [0.25, 0.3) is 20.2 Å². The first-order valence-electron chi connectivity index (χ1n) is 7.49. The summed E-state index contributed by atoms with van der Waals surface area (Å²) < 4.78 is 2.47. The van der Waals surface area contributed by atoms with Crippen LogP contribution < -0.4 is 0 Å². The molecule has 1 aromatic heterocycles. The molecule has 0 aliphatic carbocycles. The molecule has 0 atom stereocenters. The molecule has 1 N–H and O–H groups in total. The zero-order valence-electron chi connectivity index (χ0n) is 12.6. The van der Waals surface area contributed by atoms with Crippen molar-refractivity contribution in [2.24, 2.45) is 0 Å². The molecule has 0 unspecified atom stereocenters. The highest BCUT2D eigenvalue weighted by molar-refractivity contribution is 7.26.